The zero-order chi connectivity index (χ0) is 25.5. The van der Waals surface area contributed by atoms with Crippen molar-refractivity contribution in [2.24, 2.45) is 17.8 Å². The van der Waals surface area contributed by atoms with E-state index in [9.17, 15) is 0 Å². The predicted octanol–water partition coefficient (Wildman–Crippen LogP) is 6.90. The van der Waals surface area contributed by atoms with E-state index < -0.39 is 0 Å². The molecule has 4 heteroatoms. The molecule has 4 nitrogen and oxygen atoms in total. The van der Waals surface area contributed by atoms with E-state index in [1.54, 1.807) is 0 Å². The molecule has 1 heterocycles. The molecule has 0 spiro atoms. The Kier molecular flexibility index (Phi) is 15.4. The number of unbranched alkanes of at least 4 members (excludes halogenated alkanes) is 2. The zero-order valence-corrected chi connectivity index (χ0v) is 24.8. The average Bonchev–Trinajstić information content (AvgIpc) is 2.87. The molecule has 1 saturated heterocycles. The van der Waals surface area contributed by atoms with Gasteiger partial charge in [-0.1, -0.05) is 85.5 Å². The molecule has 1 saturated carbocycles. The fourth-order valence-electron chi connectivity index (χ4n) is 6.81. The molecule has 3 atom stereocenters. The Hall–Kier alpha value is -0.160. The molecule has 2 unspecified atom stereocenters. The molecule has 2 aliphatic rings. The minimum atomic E-state index is 0.181. The Morgan fingerprint density at radius 3 is 1.83 bits per heavy atom. The number of hydrogen-bond donors (Lipinski definition) is 2. The summed E-state index contributed by atoms with van der Waals surface area (Å²) in [5.74, 6) is 2.58. The van der Waals surface area contributed by atoms with Gasteiger partial charge in [0.05, 0.1) is 6.67 Å². The lowest BCUT2D eigenvalue weighted by atomic mass is 9.84. The Balaban J connectivity index is 1.92. The van der Waals surface area contributed by atoms with Gasteiger partial charge in [-0.25, -0.2) is 0 Å². The summed E-state index contributed by atoms with van der Waals surface area (Å²) >= 11 is 0. The highest BCUT2D eigenvalue weighted by Gasteiger charge is 2.35. The lowest BCUT2D eigenvalue weighted by Gasteiger charge is -2.48. The molecule has 0 amide bonds. The lowest BCUT2D eigenvalue weighted by Crippen LogP contribution is -2.65. The maximum absolute atomic E-state index is 4.04. The van der Waals surface area contributed by atoms with Crippen LogP contribution in [-0.4, -0.2) is 67.3 Å². The summed E-state index contributed by atoms with van der Waals surface area (Å²) in [5, 5.41) is 7.91. The van der Waals surface area contributed by atoms with Gasteiger partial charge in [-0.15, -0.1) is 0 Å². The third-order valence-corrected chi connectivity index (χ3v) is 9.16. The van der Waals surface area contributed by atoms with E-state index in [1.807, 2.05) is 0 Å². The molecule has 35 heavy (non-hydrogen) atoms. The van der Waals surface area contributed by atoms with E-state index >= 15 is 0 Å². The van der Waals surface area contributed by atoms with Gasteiger partial charge in [0.15, 0.2) is 0 Å². The third kappa shape index (κ3) is 11.8. The van der Waals surface area contributed by atoms with Crippen molar-refractivity contribution in [3.05, 3.63) is 0 Å². The molecule has 2 fully saturated rings. The summed E-state index contributed by atoms with van der Waals surface area (Å²) < 4.78 is 0. The van der Waals surface area contributed by atoms with Gasteiger partial charge >= 0.3 is 0 Å². The maximum atomic E-state index is 4.04. The van der Waals surface area contributed by atoms with E-state index in [2.05, 4.69) is 62.0 Å². The van der Waals surface area contributed by atoms with Crippen LogP contribution in [0.2, 0.25) is 0 Å². The summed E-state index contributed by atoms with van der Waals surface area (Å²) in [5.41, 5.74) is 0.181. The second-order valence-electron chi connectivity index (χ2n) is 12.6. The molecule has 2 N–H and O–H groups in total. The van der Waals surface area contributed by atoms with Crippen molar-refractivity contribution >= 4 is 0 Å². The Morgan fingerprint density at radius 1 is 0.800 bits per heavy atom. The van der Waals surface area contributed by atoms with E-state index in [4.69, 9.17) is 0 Å². The first kappa shape index (κ1) is 31.1. The highest BCUT2D eigenvalue weighted by molar-refractivity contribution is 4.95. The molecular formula is C31H64N4. The molecular weight excluding hydrogens is 428 g/mol. The molecule has 0 aromatic rings. The van der Waals surface area contributed by atoms with Gasteiger partial charge in [-0.2, -0.15) is 0 Å². The number of hydrogen-bond acceptors (Lipinski definition) is 4. The first-order chi connectivity index (χ1) is 16.9. The zero-order valence-electron chi connectivity index (χ0n) is 24.8. The molecule has 0 radical (unpaired) electrons. The molecule has 2 rings (SSSR count). The van der Waals surface area contributed by atoms with E-state index in [0.29, 0.717) is 6.04 Å². The molecule has 1 aliphatic carbocycles. The van der Waals surface area contributed by atoms with Crippen molar-refractivity contribution in [1.29, 1.82) is 0 Å². The molecule has 1 aliphatic heterocycles. The first-order valence-corrected chi connectivity index (χ1v) is 15.9. The highest BCUT2D eigenvalue weighted by Crippen LogP contribution is 2.26. The van der Waals surface area contributed by atoms with Crippen LogP contribution in [0.3, 0.4) is 0 Å². The molecule has 208 valence electrons. The average molecular weight is 493 g/mol. The van der Waals surface area contributed by atoms with Crippen LogP contribution >= 0.6 is 0 Å². The van der Waals surface area contributed by atoms with Crippen molar-refractivity contribution in [3.63, 3.8) is 0 Å². The minimum Gasteiger partial charge on any atom is -0.313 e. The fraction of sp³-hybridized carbons (Fsp3) is 1.00. The van der Waals surface area contributed by atoms with Gasteiger partial charge in [0.1, 0.15) is 0 Å². The largest absolute Gasteiger partial charge is 0.313 e. The van der Waals surface area contributed by atoms with Crippen LogP contribution in [0.15, 0.2) is 0 Å². The highest BCUT2D eigenvalue weighted by atomic mass is 15.4. The van der Waals surface area contributed by atoms with Gasteiger partial charge < -0.3 is 10.6 Å². The monoisotopic (exact) mass is 493 g/mol. The summed E-state index contributed by atoms with van der Waals surface area (Å²) in [6, 6.07) is 0.664. The van der Waals surface area contributed by atoms with Gasteiger partial charge in [0, 0.05) is 50.8 Å². The SMILES string of the molecule is CCCCC(CC)CN1CN(CC(CC)CCCC)CC(C)(NCCN[C@@H](C)C2CCCCC2)C1. The summed E-state index contributed by atoms with van der Waals surface area (Å²) in [6.07, 6.45) is 18.0. The second kappa shape index (κ2) is 17.4. The van der Waals surface area contributed by atoms with Crippen molar-refractivity contribution in [2.45, 2.75) is 137 Å². The fourth-order valence-corrected chi connectivity index (χ4v) is 6.81. The predicted molar refractivity (Wildman–Crippen MR) is 155 cm³/mol. The topological polar surface area (TPSA) is 30.5 Å². The quantitative estimate of drug-likeness (QED) is 0.204. The van der Waals surface area contributed by atoms with Crippen molar-refractivity contribution in [1.82, 2.24) is 20.4 Å². The number of rotatable bonds is 18. The van der Waals surface area contributed by atoms with E-state index in [1.165, 1.54) is 116 Å². The second-order valence-corrected chi connectivity index (χ2v) is 12.6. The van der Waals surface area contributed by atoms with Gasteiger partial charge in [0.25, 0.3) is 0 Å². The third-order valence-electron chi connectivity index (χ3n) is 9.16. The van der Waals surface area contributed by atoms with Crippen LogP contribution in [0.25, 0.3) is 0 Å². The van der Waals surface area contributed by atoms with Crippen LogP contribution in [0.4, 0.5) is 0 Å². The summed E-state index contributed by atoms with van der Waals surface area (Å²) in [7, 11) is 0. The Morgan fingerprint density at radius 2 is 1.34 bits per heavy atom. The maximum Gasteiger partial charge on any atom is 0.0507 e. The number of nitrogens with one attached hydrogen (secondary N) is 2. The number of nitrogens with zero attached hydrogens (tertiary/aromatic N) is 2. The van der Waals surface area contributed by atoms with Crippen molar-refractivity contribution in [2.75, 3.05) is 45.9 Å². The van der Waals surface area contributed by atoms with E-state index in [0.717, 1.165) is 30.8 Å². The van der Waals surface area contributed by atoms with Gasteiger partial charge in [-0.05, 0) is 57.3 Å². The lowest BCUT2D eigenvalue weighted by molar-refractivity contribution is 0.00510. The van der Waals surface area contributed by atoms with Crippen molar-refractivity contribution in [3.8, 4) is 0 Å². The van der Waals surface area contributed by atoms with Gasteiger partial charge in [-0.3, -0.25) is 9.80 Å². The normalized spacial score (nSPS) is 25.5. The van der Waals surface area contributed by atoms with Gasteiger partial charge in [0.2, 0.25) is 0 Å². The van der Waals surface area contributed by atoms with Crippen LogP contribution < -0.4 is 10.6 Å². The first-order valence-electron chi connectivity index (χ1n) is 15.9. The molecule has 0 aromatic heterocycles. The molecule has 0 bridgehead atoms. The van der Waals surface area contributed by atoms with Crippen LogP contribution in [0.5, 0.6) is 0 Å². The van der Waals surface area contributed by atoms with Crippen LogP contribution in [-0.2, 0) is 0 Å². The smallest absolute Gasteiger partial charge is 0.0507 e. The van der Waals surface area contributed by atoms with Crippen LogP contribution in [0.1, 0.15) is 125 Å². The van der Waals surface area contributed by atoms with Crippen molar-refractivity contribution < 1.29 is 0 Å². The van der Waals surface area contributed by atoms with E-state index in [-0.39, 0.29) is 5.54 Å². The summed E-state index contributed by atoms with van der Waals surface area (Å²) in [6.45, 7) is 22.6. The van der Waals surface area contributed by atoms with Crippen LogP contribution in [0, 0.1) is 17.8 Å². The minimum absolute atomic E-state index is 0.181. The standard InChI is InChI=1S/C31H64N4/c1-7-11-16-28(9-3)22-34-24-31(6,25-35(26-34)23-29(10-4)17-12-8-2)33-21-20-32-27(5)30-18-14-13-15-19-30/h27-30,32-33H,7-26H2,1-6H3/t27-,28?,29?,31?/m0/s1. The Labute approximate surface area is 220 Å². The molecule has 0 aromatic carbocycles. The summed E-state index contributed by atoms with van der Waals surface area (Å²) in [4.78, 5) is 5.59. The Bertz CT molecular complexity index is 492.